The predicted molar refractivity (Wildman–Crippen MR) is 119 cm³/mol. The molecule has 0 aliphatic rings. The van der Waals surface area contributed by atoms with Gasteiger partial charge in [-0.2, -0.15) is 8.78 Å². The number of aryl methyl sites for hydroxylation is 1. The third kappa shape index (κ3) is 5.20. The number of fused-ring (bicyclic) bond motifs is 1. The van der Waals surface area contributed by atoms with E-state index in [-0.39, 0.29) is 16.8 Å². The molecule has 7 nitrogen and oxygen atoms in total. The highest BCUT2D eigenvalue weighted by atomic mass is 32.1. The second-order valence-corrected chi connectivity index (χ2v) is 8.35. The van der Waals surface area contributed by atoms with Crippen LogP contribution in [0.2, 0.25) is 0 Å². The number of ether oxygens (including phenoxy) is 1. The van der Waals surface area contributed by atoms with Gasteiger partial charge in [0.1, 0.15) is 22.0 Å². The third-order valence-corrected chi connectivity index (χ3v) is 5.62. The van der Waals surface area contributed by atoms with E-state index in [0.717, 1.165) is 21.3 Å². The molecule has 0 spiro atoms. The molecular formula is C22H18F3N5O2S. The molecule has 170 valence electrons. The largest absolute Gasteiger partial charge is 0.432 e. The molecule has 3 aromatic heterocycles. The van der Waals surface area contributed by atoms with Crippen molar-refractivity contribution in [2.75, 3.05) is 10.6 Å². The zero-order valence-electron chi connectivity index (χ0n) is 17.5. The van der Waals surface area contributed by atoms with Gasteiger partial charge < -0.3 is 15.4 Å². The molecule has 0 radical (unpaired) electrons. The lowest BCUT2D eigenvalue weighted by Gasteiger charge is -2.19. The number of carbonyl (C=O) groups is 1. The van der Waals surface area contributed by atoms with Crippen LogP contribution in [0.3, 0.4) is 0 Å². The van der Waals surface area contributed by atoms with Crippen LogP contribution in [-0.4, -0.2) is 27.5 Å². The second-order valence-electron chi connectivity index (χ2n) is 7.11. The summed E-state index contributed by atoms with van der Waals surface area (Å²) >= 11 is 1.48. The van der Waals surface area contributed by atoms with Gasteiger partial charge in [0.2, 0.25) is 0 Å². The first-order valence-corrected chi connectivity index (χ1v) is 10.6. The van der Waals surface area contributed by atoms with Crippen molar-refractivity contribution in [2.45, 2.75) is 26.5 Å². The summed E-state index contributed by atoms with van der Waals surface area (Å²) in [7, 11) is 0. The Hall–Kier alpha value is -3.73. The molecule has 3 heterocycles. The molecule has 0 unspecified atom stereocenters. The highest BCUT2D eigenvalue weighted by molar-refractivity contribution is 7.18. The maximum atomic E-state index is 14.8. The van der Waals surface area contributed by atoms with E-state index in [1.165, 1.54) is 42.1 Å². The molecule has 1 amide bonds. The molecule has 11 heteroatoms. The maximum absolute atomic E-state index is 14.8. The van der Waals surface area contributed by atoms with E-state index in [9.17, 15) is 18.0 Å². The third-order valence-electron chi connectivity index (χ3n) is 4.68. The smallest absolute Gasteiger partial charge is 0.387 e. The second kappa shape index (κ2) is 9.41. The van der Waals surface area contributed by atoms with Gasteiger partial charge in [-0.3, -0.25) is 9.78 Å². The maximum Gasteiger partial charge on any atom is 0.387 e. The van der Waals surface area contributed by atoms with Crippen molar-refractivity contribution < 1.29 is 22.7 Å². The van der Waals surface area contributed by atoms with Crippen molar-refractivity contribution in [1.29, 1.82) is 0 Å². The molecular weight excluding hydrogens is 455 g/mol. The van der Waals surface area contributed by atoms with Gasteiger partial charge in [-0.25, -0.2) is 14.4 Å². The molecule has 1 atom stereocenters. The molecule has 0 fully saturated rings. The topological polar surface area (TPSA) is 89.0 Å². The fourth-order valence-corrected chi connectivity index (χ4v) is 4.02. The number of hydrogen-bond acceptors (Lipinski definition) is 7. The number of thiophene rings is 1. The van der Waals surface area contributed by atoms with E-state index in [2.05, 4.69) is 30.3 Å². The lowest BCUT2D eigenvalue weighted by Crippen LogP contribution is -2.16. The Morgan fingerprint density at radius 2 is 2.03 bits per heavy atom. The van der Waals surface area contributed by atoms with E-state index in [4.69, 9.17) is 0 Å². The number of nitrogens with one attached hydrogen (secondary N) is 2. The number of carbonyl (C=O) groups excluding carboxylic acids is 1. The van der Waals surface area contributed by atoms with Crippen LogP contribution in [0.25, 0.3) is 10.3 Å². The molecule has 4 rings (SSSR count). The number of amides is 1. The number of benzene rings is 1. The molecule has 33 heavy (non-hydrogen) atoms. The van der Waals surface area contributed by atoms with E-state index in [0.29, 0.717) is 5.82 Å². The Labute approximate surface area is 190 Å². The monoisotopic (exact) mass is 473 g/mol. The van der Waals surface area contributed by atoms with Crippen molar-refractivity contribution in [1.82, 2.24) is 15.0 Å². The van der Waals surface area contributed by atoms with Crippen molar-refractivity contribution >= 4 is 39.1 Å². The van der Waals surface area contributed by atoms with Crippen molar-refractivity contribution in [3.05, 3.63) is 70.7 Å². The Kier molecular flexibility index (Phi) is 6.40. The number of halogens is 3. The van der Waals surface area contributed by atoms with Crippen molar-refractivity contribution in [3.63, 3.8) is 0 Å². The first-order valence-electron chi connectivity index (χ1n) is 9.79. The summed E-state index contributed by atoms with van der Waals surface area (Å²) in [6, 6.07) is 6.41. The molecule has 1 aromatic carbocycles. The summed E-state index contributed by atoms with van der Waals surface area (Å²) < 4.78 is 45.0. The van der Waals surface area contributed by atoms with Crippen molar-refractivity contribution in [2.24, 2.45) is 0 Å². The lowest BCUT2D eigenvalue weighted by molar-refractivity contribution is -0.0495. The average Bonchev–Trinajstić information content (AvgIpc) is 3.14. The summed E-state index contributed by atoms with van der Waals surface area (Å²) in [5.41, 5.74) is 0.968. The summed E-state index contributed by atoms with van der Waals surface area (Å²) in [6.07, 6.45) is 4.34. The fourth-order valence-electron chi connectivity index (χ4n) is 3.19. The molecule has 0 bridgehead atoms. The number of aromatic nitrogens is 3. The molecule has 2 N–H and O–H groups in total. The number of anilines is 2. The van der Waals surface area contributed by atoms with Crippen LogP contribution in [0.4, 0.5) is 24.7 Å². The van der Waals surface area contributed by atoms with Gasteiger partial charge in [0.25, 0.3) is 5.91 Å². The fraction of sp³-hybridized carbons (Fsp3) is 0.182. The van der Waals surface area contributed by atoms with Gasteiger partial charge in [0.15, 0.2) is 5.75 Å². The highest BCUT2D eigenvalue weighted by Gasteiger charge is 2.20. The first kappa shape index (κ1) is 22.5. The number of nitrogens with zero attached hydrogens (tertiary/aromatic N) is 3. The van der Waals surface area contributed by atoms with Gasteiger partial charge >= 0.3 is 6.61 Å². The Bertz CT molecular complexity index is 1300. The zero-order chi connectivity index (χ0) is 23.5. The van der Waals surface area contributed by atoms with E-state index < -0.39 is 30.1 Å². The summed E-state index contributed by atoms with van der Waals surface area (Å²) in [4.78, 5) is 27.0. The summed E-state index contributed by atoms with van der Waals surface area (Å²) in [5, 5.41) is 5.54. The van der Waals surface area contributed by atoms with Gasteiger partial charge in [-0.15, -0.1) is 11.3 Å². The van der Waals surface area contributed by atoms with Gasteiger partial charge in [-0.1, -0.05) is 0 Å². The minimum absolute atomic E-state index is 0.107. The van der Waals surface area contributed by atoms with Gasteiger partial charge in [0.05, 0.1) is 23.5 Å². The average molecular weight is 473 g/mol. The highest BCUT2D eigenvalue weighted by Crippen LogP contribution is 2.33. The quantitative estimate of drug-likeness (QED) is 0.365. The van der Waals surface area contributed by atoms with E-state index in [1.807, 2.05) is 13.0 Å². The molecule has 4 aromatic rings. The van der Waals surface area contributed by atoms with Crippen LogP contribution in [0.5, 0.6) is 5.75 Å². The molecule has 0 saturated heterocycles. The van der Waals surface area contributed by atoms with Crippen LogP contribution in [0.1, 0.15) is 33.8 Å². The van der Waals surface area contributed by atoms with Crippen LogP contribution in [0, 0.1) is 12.7 Å². The lowest BCUT2D eigenvalue weighted by atomic mass is 10.1. The van der Waals surface area contributed by atoms with Crippen LogP contribution < -0.4 is 15.4 Å². The van der Waals surface area contributed by atoms with Crippen molar-refractivity contribution in [3.8, 4) is 5.75 Å². The Morgan fingerprint density at radius 3 is 2.76 bits per heavy atom. The minimum Gasteiger partial charge on any atom is -0.432 e. The number of pyridine rings is 1. The Morgan fingerprint density at radius 1 is 1.21 bits per heavy atom. The summed E-state index contributed by atoms with van der Waals surface area (Å²) in [5.74, 6) is -1.47. The Balaban J connectivity index is 1.63. The molecule has 0 aliphatic carbocycles. The SMILES string of the molecule is Cc1cc2ncc(N[C@@H](C)c3cc(NC(=O)c4cccnc4)c(OC(F)F)cc3F)nc2s1. The first-order chi connectivity index (χ1) is 15.8. The predicted octanol–water partition coefficient (Wildman–Crippen LogP) is 5.56. The standard InChI is InChI=1S/C22H18F3N5O2S/c1-11-6-17-21(33-11)30-19(10-27-17)28-12(2)14-7-16(18(8-15(14)23)32-22(24)25)29-20(31)13-4-3-5-26-9-13/h3-10,12,22H,1-2H3,(H,28,30)(H,29,31)/t12-/m0/s1. The van der Waals surface area contributed by atoms with E-state index in [1.54, 1.807) is 13.0 Å². The zero-order valence-corrected chi connectivity index (χ0v) is 18.3. The molecule has 0 saturated carbocycles. The van der Waals surface area contributed by atoms with Gasteiger partial charge in [-0.05, 0) is 38.1 Å². The number of alkyl halides is 2. The van der Waals surface area contributed by atoms with Crippen LogP contribution in [0.15, 0.2) is 48.9 Å². The van der Waals surface area contributed by atoms with Crippen LogP contribution >= 0.6 is 11.3 Å². The van der Waals surface area contributed by atoms with Crippen LogP contribution in [-0.2, 0) is 0 Å². The normalized spacial score (nSPS) is 12.1. The minimum atomic E-state index is -3.20. The number of rotatable bonds is 7. The van der Waals surface area contributed by atoms with E-state index >= 15 is 0 Å². The van der Waals surface area contributed by atoms with Gasteiger partial charge in [0, 0.05) is 28.9 Å². The molecule has 0 aliphatic heterocycles. The summed E-state index contributed by atoms with van der Waals surface area (Å²) in [6.45, 7) is 0.421. The number of hydrogen-bond donors (Lipinski definition) is 2.